The highest BCUT2D eigenvalue weighted by Gasteiger charge is 1.94. The van der Waals surface area contributed by atoms with Gasteiger partial charge in [0.25, 0.3) is 0 Å². The zero-order valence-corrected chi connectivity index (χ0v) is 7.15. The van der Waals surface area contributed by atoms with Gasteiger partial charge in [-0.05, 0) is 30.2 Å². The topological polar surface area (TPSA) is 38.0 Å². The average molecular weight is 171 g/mol. The molecule has 0 radical (unpaired) electrons. The summed E-state index contributed by atoms with van der Waals surface area (Å²) in [7, 11) is 0. The van der Waals surface area contributed by atoms with E-state index in [0.717, 1.165) is 16.8 Å². The van der Waals surface area contributed by atoms with Crippen LogP contribution in [0.3, 0.4) is 0 Å². The molecule has 0 aliphatic heterocycles. The smallest absolute Gasteiger partial charge is 0.0490 e. The van der Waals surface area contributed by atoms with Crippen LogP contribution in [0.2, 0.25) is 0 Å². The van der Waals surface area contributed by atoms with E-state index in [9.17, 15) is 0 Å². The number of aryl methyl sites for hydroxylation is 1. The minimum Gasteiger partial charge on any atom is -0.324 e. The molecule has 0 unspecified atom stereocenters. The lowest BCUT2D eigenvalue weighted by atomic mass is 10.1. The van der Waals surface area contributed by atoms with Crippen LogP contribution in [0.4, 0.5) is 5.69 Å². The fourth-order valence-electron chi connectivity index (χ4n) is 1.02. The van der Waals surface area contributed by atoms with Gasteiger partial charge in [0.2, 0.25) is 0 Å². The van der Waals surface area contributed by atoms with Crippen molar-refractivity contribution in [1.82, 2.24) is 0 Å². The second-order valence-corrected chi connectivity index (χ2v) is 2.75. The van der Waals surface area contributed by atoms with Gasteiger partial charge in [0, 0.05) is 11.6 Å². The van der Waals surface area contributed by atoms with Crippen LogP contribution in [0, 0.1) is 6.92 Å². The Morgan fingerprint density at radius 1 is 1.45 bits per heavy atom. The molecule has 1 rings (SSSR count). The summed E-state index contributed by atoms with van der Waals surface area (Å²) in [4.78, 5) is 0. The summed E-state index contributed by atoms with van der Waals surface area (Å²) in [5.74, 6) is 5.77. The number of nitrogen functional groups attached to an aromatic ring is 1. The molecule has 2 nitrogen and oxygen atoms in total. The Hall–Kier alpha value is -0.730. The molecule has 0 fully saturated rings. The van der Waals surface area contributed by atoms with E-state index in [1.54, 1.807) is 0 Å². The van der Waals surface area contributed by atoms with Gasteiger partial charge in [0.05, 0.1) is 0 Å². The van der Waals surface area contributed by atoms with Crippen LogP contribution in [-0.4, -0.2) is 0 Å². The van der Waals surface area contributed by atoms with Crippen molar-refractivity contribution in [3.63, 3.8) is 0 Å². The van der Waals surface area contributed by atoms with Crippen molar-refractivity contribution in [2.24, 2.45) is 5.84 Å². The molecule has 60 valence electrons. The van der Waals surface area contributed by atoms with Gasteiger partial charge in [-0.15, -0.1) is 11.6 Å². The van der Waals surface area contributed by atoms with E-state index in [-0.39, 0.29) is 0 Å². The Balaban J connectivity index is 3.02. The van der Waals surface area contributed by atoms with E-state index >= 15 is 0 Å². The lowest BCUT2D eigenvalue weighted by Crippen LogP contribution is -2.06. The SMILES string of the molecule is Cc1cc(CCl)cc(NN)c1. The molecule has 1 aromatic carbocycles. The highest BCUT2D eigenvalue weighted by atomic mass is 35.5. The fraction of sp³-hybridized carbons (Fsp3) is 0.250. The minimum atomic E-state index is 0.524. The van der Waals surface area contributed by atoms with Gasteiger partial charge in [-0.1, -0.05) is 6.07 Å². The van der Waals surface area contributed by atoms with Crippen LogP contribution in [0.1, 0.15) is 11.1 Å². The van der Waals surface area contributed by atoms with Gasteiger partial charge >= 0.3 is 0 Å². The molecular weight excluding hydrogens is 160 g/mol. The van der Waals surface area contributed by atoms with E-state index in [2.05, 4.69) is 5.43 Å². The Labute approximate surface area is 71.3 Å². The predicted molar refractivity (Wildman–Crippen MR) is 48.5 cm³/mol. The lowest BCUT2D eigenvalue weighted by molar-refractivity contribution is 1.29. The van der Waals surface area contributed by atoms with Crippen LogP contribution in [-0.2, 0) is 5.88 Å². The van der Waals surface area contributed by atoms with Crippen LogP contribution >= 0.6 is 11.6 Å². The van der Waals surface area contributed by atoms with E-state index in [1.807, 2.05) is 25.1 Å². The van der Waals surface area contributed by atoms with Crippen LogP contribution < -0.4 is 11.3 Å². The van der Waals surface area contributed by atoms with E-state index < -0.39 is 0 Å². The molecule has 0 amide bonds. The van der Waals surface area contributed by atoms with Crippen LogP contribution in [0.15, 0.2) is 18.2 Å². The second-order valence-electron chi connectivity index (χ2n) is 2.49. The maximum Gasteiger partial charge on any atom is 0.0490 e. The first-order chi connectivity index (χ1) is 5.26. The molecule has 1 aromatic rings. The van der Waals surface area contributed by atoms with Crippen LogP contribution in [0.5, 0.6) is 0 Å². The third-order valence-corrected chi connectivity index (χ3v) is 1.77. The van der Waals surface area contributed by atoms with Crippen molar-refractivity contribution < 1.29 is 0 Å². The molecule has 3 heteroatoms. The maximum absolute atomic E-state index is 5.66. The van der Waals surface area contributed by atoms with Crippen molar-refractivity contribution in [3.8, 4) is 0 Å². The third-order valence-electron chi connectivity index (χ3n) is 1.46. The third kappa shape index (κ3) is 2.10. The maximum atomic E-state index is 5.66. The number of hydrogen-bond acceptors (Lipinski definition) is 2. The Bertz CT molecular complexity index is 226. The zero-order chi connectivity index (χ0) is 8.27. The first kappa shape index (κ1) is 8.37. The minimum absolute atomic E-state index is 0.524. The fourth-order valence-corrected chi connectivity index (χ4v) is 1.18. The largest absolute Gasteiger partial charge is 0.324 e. The molecule has 0 aliphatic rings. The molecule has 0 bridgehead atoms. The van der Waals surface area contributed by atoms with Gasteiger partial charge in [0.1, 0.15) is 0 Å². The standard InChI is InChI=1S/C8H11ClN2/c1-6-2-7(5-9)4-8(3-6)11-10/h2-4,11H,5,10H2,1H3. The van der Waals surface area contributed by atoms with Gasteiger partial charge in [0.15, 0.2) is 0 Å². The first-order valence-corrected chi connectivity index (χ1v) is 3.93. The summed E-state index contributed by atoms with van der Waals surface area (Å²) in [5.41, 5.74) is 5.73. The molecule has 0 atom stereocenters. The number of hydrogen-bond donors (Lipinski definition) is 2. The molecule has 0 saturated carbocycles. The number of halogens is 1. The Morgan fingerprint density at radius 2 is 2.18 bits per heavy atom. The Morgan fingerprint density at radius 3 is 2.73 bits per heavy atom. The molecule has 0 spiro atoms. The molecule has 0 heterocycles. The number of anilines is 1. The van der Waals surface area contributed by atoms with Gasteiger partial charge in [-0.2, -0.15) is 0 Å². The van der Waals surface area contributed by atoms with Gasteiger partial charge < -0.3 is 5.43 Å². The number of nitrogens with two attached hydrogens (primary N) is 1. The van der Waals surface area contributed by atoms with Crippen molar-refractivity contribution in [3.05, 3.63) is 29.3 Å². The summed E-state index contributed by atoms with van der Waals surface area (Å²) >= 11 is 5.66. The van der Waals surface area contributed by atoms with Gasteiger partial charge in [-0.3, -0.25) is 5.84 Å². The van der Waals surface area contributed by atoms with Crippen molar-refractivity contribution >= 4 is 17.3 Å². The van der Waals surface area contributed by atoms with Crippen LogP contribution in [0.25, 0.3) is 0 Å². The summed E-state index contributed by atoms with van der Waals surface area (Å²) in [5, 5.41) is 0. The molecule has 0 saturated heterocycles. The van der Waals surface area contributed by atoms with Crippen molar-refractivity contribution in [2.45, 2.75) is 12.8 Å². The Kier molecular flexibility index (Phi) is 2.74. The second kappa shape index (κ2) is 3.60. The number of hydrazine groups is 1. The van der Waals surface area contributed by atoms with E-state index in [1.165, 1.54) is 0 Å². The summed E-state index contributed by atoms with van der Waals surface area (Å²) in [6.07, 6.45) is 0. The molecule has 11 heavy (non-hydrogen) atoms. The molecule has 3 N–H and O–H groups in total. The highest BCUT2D eigenvalue weighted by Crippen LogP contribution is 2.14. The number of alkyl halides is 1. The quantitative estimate of drug-likeness (QED) is 0.405. The highest BCUT2D eigenvalue weighted by molar-refractivity contribution is 6.17. The average Bonchev–Trinajstić information content (AvgIpc) is 2.03. The molecular formula is C8H11ClN2. The summed E-state index contributed by atoms with van der Waals surface area (Å²) < 4.78 is 0. The molecule has 0 aromatic heterocycles. The number of nitrogens with one attached hydrogen (secondary N) is 1. The van der Waals surface area contributed by atoms with Gasteiger partial charge in [-0.25, -0.2) is 0 Å². The van der Waals surface area contributed by atoms with Crippen molar-refractivity contribution in [2.75, 3.05) is 5.43 Å². The first-order valence-electron chi connectivity index (χ1n) is 3.39. The van der Waals surface area contributed by atoms with Crippen molar-refractivity contribution in [1.29, 1.82) is 0 Å². The lowest BCUT2D eigenvalue weighted by Gasteiger charge is -2.03. The van der Waals surface area contributed by atoms with E-state index in [0.29, 0.717) is 5.88 Å². The number of rotatable bonds is 2. The number of benzene rings is 1. The monoisotopic (exact) mass is 170 g/mol. The summed E-state index contributed by atoms with van der Waals surface area (Å²) in [6, 6.07) is 5.93. The molecule has 0 aliphatic carbocycles. The normalized spacial score (nSPS) is 9.73. The summed E-state index contributed by atoms with van der Waals surface area (Å²) in [6.45, 7) is 2.01. The van der Waals surface area contributed by atoms with E-state index in [4.69, 9.17) is 17.4 Å². The zero-order valence-electron chi connectivity index (χ0n) is 6.39. The predicted octanol–water partition coefficient (Wildman–Crippen LogP) is 2.02.